The van der Waals surface area contributed by atoms with Crippen LogP contribution >= 0.6 is 0 Å². The van der Waals surface area contributed by atoms with E-state index in [-0.39, 0.29) is 0 Å². The van der Waals surface area contributed by atoms with E-state index >= 15 is 0 Å². The fourth-order valence-electron chi connectivity index (χ4n) is 1.32. The highest BCUT2D eigenvalue weighted by molar-refractivity contribution is 7.91. The van der Waals surface area contributed by atoms with Crippen molar-refractivity contribution in [3.63, 3.8) is 0 Å². The molecule has 1 rings (SSSR count). The minimum Gasteiger partial charge on any atom is -0.379 e. The second-order valence-electron chi connectivity index (χ2n) is 3.14. The van der Waals surface area contributed by atoms with Crippen LogP contribution in [0, 0.1) is 0 Å². The molecule has 1 saturated heterocycles. The molecular formula is C7H16NO3S+. The summed E-state index contributed by atoms with van der Waals surface area (Å²) in [4.78, 5) is 1.34. The largest absolute Gasteiger partial charge is 0.379 e. The lowest BCUT2D eigenvalue weighted by atomic mass is 10.5. The molecule has 0 radical (unpaired) electrons. The highest BCUT2D eigenvalue weighted by Gasteiger charge is 2.23. The molecule has 1 N–H and O–H groups in total. The highest BCUT2D eigenvalue weighted by atomic mass is 32.2. The van der Waals surface area contributed by atoms with Crippen molar-refractivity contribution in [2.24, 2.45) is 0 Å². The van der Waals surface area contributed by atoms with Crippen LogP contribution in [0.1, 0.15) is 0 Å². The van der Waals surface area contributed by atoms with Gasteiger partial charge >= 0.3 is 0 Å². The van der Waals surface area contributed by atoms with Crippen LogP contribution < -0.4 is 4.90 Å². The van der Waals surface area contributed by atoms with Gasteiger partial charge in [0.2, 0.25) is 0 Å². The van der Waals surface area contributed by atoms with Crippen molar-refractivity contribution in [3.8, 4) is 0 Å². The Hall–Kier alpha value is -0.130. The summed E-state index contributed by atoms with van der Waals surface area (Å²) >= 11 is 0. The Kier molecular flexibility index (Phi) is 3.49. The quantitative estimate of drug-likeness (QED) is 0.562. The van der Waals surface area contributed by atoms with E-state index in [2.05, 4.69) is 0 Å². The van der Waals surface area contributed by atoms with E-state index in [0.29, 0.717) is 11.5 Å². The molecule has 5 heteroatoms. The third-order valence-electron chi connectivity index (χ3n) is 2.19. The maximum Gasteiger partial charge on any atom is 0.161 e. The predicted octanol–water partition coefficient (Wildman–Crippen LogP) is -2.05. The minimum absolute atomic E-state index is 0.339. The van der Waals surface area contributed by atoms with E-state index in [1.807, 2.05) is 0 Å². The van der Waals surface area contributed by atoms with Crippen LogP contribution in [0.5, 0.6) is 0 Å². The number of hydrogen-bond acceptors (Lipinski definition) is 3. The van der Waals surface area contributed by atoms with Crippen LogP contribution in [0.25, 0.3) is 0 Å². The van der Waals surface area contributed by atoms with Crippen molar-refractivity contribution in [2.75, 3.05) is 44.9 Å². The summed E-state index contributed by atoms with van der Waals surface area (Å²) in [6, 6.07) is 0. The van der Waals surface area contributed by atoms with Crippen molar-refractivity contribution in [3.05, 3.63) is 0 Å². The zero-order valence-corrected chi connectivity index (χ0v) is 8.19. The monoisotopic (exact) mass is 194 g/mol. The zero-order valence-electron chi connectivity index (χ0n) is 7.38. The van der Waals surface area contributed by atoms with E-state index in [0.717, 1.165) is 26.2 Å². The fraction of sp³-hybridized carbons (Fsp3) is 1.00. The molecule has 0 atom stereocenters. The van der Waals surface area contributed by atoms with Crippen LogP contribution in [0.2, 0.25) is 0 Å². The molecule has 1 heterocycles. The number of ether oxygens (including phenoxy) is 1. The summed E-state index contributed by atoms with van der Waals surface area (Å²) in [5.41, 5.74) is 0. The van der Waals surface area contributed by atoms with Gasteiger partial charge in [-0.25, -0.2) is 8.42 Å². The van der Waals surface area contributed by atoms with Crippen LogP contribution in [-0.4, -0.2) is 53.3 Å². The maximum atomic E-state index is 11.0. The molecule has 0 spiro atoms. The van der Waals surface area contributed by atoms with Crippen molar-refractivity contribution in [1.82, 2.24) is 0 Å². The van der Waals surface area contributed by atoms with Crippen LogP contribution in [0.3, 0.4) is 0 Å². The van der Waals surface area contributed by atoms with Crippen molar-refractivity contribution in [1.29, 1.82) is 0 Å². The number of hydrogen-bond donors (Lipinski definition) is 1. The number of sulfone groups is 1. The third kappa shape index (κ3) is 3.08. The molecule has 0 unspecified atom stereocenters. The predicted molar refractivity (Wildman–Crippen MR) is 46.1 cm³/mol. The lowest BCUT2D eigenvalue weighted by Crippen LogP contribution is -3.14. The summed E-state index contributed by atoms with van der Waals surface area (Å²) in [6.07, 6.45) is 0. The first-order chi connectivity index (χ1) is 5.64. The van der Waals surface area contributed by atoms with Crippen molar-refractivity contribution >= 4 is 9.84 Å². The van der Waals surface area contributed by atoms with Gasteiger partial charge in [0.1, 0.15) is 6.54 Å². The van der Waals surface area contributed by atoms with Crippen molar-refractivity contribution in [2.45, 2.75) is 0 Å². The lowest BCUT2D eigenvalue weighted by Gasteiger charge is -2.23. The Morgan fingerprint density at radius 2 is 1.92 bits per heavy atom. The summed E-state index contributed by atoms with van der Waals surface area (Å²) < 4.78 is 27.0. The Morgan fingerprint density at radius 3 is 2.42 bits per heavy atom. The van der Waals surface area contributed by atoms with Gasteiger partial charge in [0.25, 0.3) is 0 Å². The van der Waals surface area contributed by atoms with Gasteiger partial charge in [-0.05, 0) is 0 Å². The second-order valence-corrected chi connectivity index (χ2v) is 5.45. The molecule has 1 fully saturated rings. The Balaban J connectivity index is 2.27. The first-order valence-electron chi connectivity index (χ1n) is 4.17. The molecule has 4 nitrogen and oxygen atoms in total. The van der Waals surface area contributed by atoms with Gasteiger partial charge in [-0.2, -0.15) is 0 Å². The standard InChI is InChI=1S/C7H15NO3S/c1-11-5-2-8-3-6-12(9,10)7-4-8/h2-7H2,1H3/p+1. The molecule has 1 aliphatic heterocycles. The Labute approximate surface area is 73.4 Å². The molecule has 0 amide bonds. The van der Waals surface area contributed by atoms with Gasteiger partial charge < -0.3 is 9.64 Å². The zero-order chi connectivity index (χ0) is 9.03. The number of nitrogens with one attached hydrogen (secondary N) is 1. The first kappa shape index (κ1) is 9.95. The number of rotatable bonds is 3. The Morgan fingerprint density at radius 1 is 1.33 bits per heavy atom. The minimum atomic E-state index is -2.70. The van der Waals surface area contributed by atoms with Crippen molar-refractivity contribution < 1.29 is 18.1 Å². The van der Waals surface area contributed by atoms with Crippen LogP contribution in [0.4, 0.5) is 0 Å². The Bertz CT molecular complexity index is 211. The van der Waals surface area contributed by atoms with E-state index in [4.69, 9.17) is 4.74 Å². The summed E-state index contributed by atoms with van der Waals surface area (Å²) in [7, 11) is -1.04. The molecule has 0 aromatic heterocycles. The summed E-state index contributed by atoms with van der Waals surface area (Å²) in [5.74, 6) is 0.679. The fourth-order valence-corrected chi connectivity index (χ4v) is 2.73. The molecule has 0 bridgehead atoms. The maximum absolute atomic E-state index is 11.0. The molecular weight excluding hydrogens is 178 g/mol. The summed E-state index contributed by atoms with van der Waals surface area (Å²) in [6.45, 7) is 3.12. The SMILES string of the molecule is COCC[NH+]1CCS(=O)(=O)CC1. The third-order valence-corrected chi connectivity index (χ3v) is 3.85. The average Bonchev–Trinajstić information content (AvgIpc) is 2.03. The molecule has 0 saturated carbocycles. The molecule has 12 heavy (non-hydrogen) atoms. The molecule has 0 aromatic rings. The van der Waals surface area contributed by atoms with Gasteiger partial charge in [0.15, 0.2) is 9.84 Å². The topological polar surface area (TPSA) is 47.8 Å². The van der Waals surface area contributed by atoms with Gasteiger partial charge in [-0.1, -0.05) is 0 Å². The normalized spacial score (nSPS) is 24.1. The first-order valence-corrected chi connectivity index (χ1v) is 5.99. The summed E-state index contributed by atoms with van der Waals surface area (Å²) in [5, 5.41) is 0. The van der Waals surface area contributed by atoms with Gasteiger partial charge in [-0.15, -0.1) is 0 Å². The smallest absolute Gasteiger partial charge is 0.161 e. The molecule has 0 aromatic carbocycles. The van der Waals surface area contributed by atoms with E-state index in [9.17, 15) is 8.42 Å². The molecule has 0 aliphatic carbocycles. The number of methoxy groups -OCH3 is 1. The molecule has 72 valence electrons. The van der Waals surface area contributed by atoms with Crippen LogP contribution in [-0.2, 0) is 14.6 Å². The van der Waals surface area contributed by atoms with Gasteiger partial charge in [0.05, 0.1) is 31.2 Å². The van der Waals surface area contributed by atoms with Crippen LogP contribution in [0.15, 0.2) is 0 Å². The number of quaternary nitrogens is 1. The highest BCUT2D eigenvalue weighted by Crippen LogP contribution is 1.89. The lowest BCUT2D eigenvalue weighted by molar-refractivity contribution is -0.896. The van der Waals surface area contributed by atoms with Gasteiger partial charge in [-0.3, -0.25) is 0 Å². The van der Waals surface area contributed by atoms with E-state index in [1.165, 1.54) is 4.90 Å². The van der Waals surface area contributed by atoms with Gasteiger partial charge in [0, 0.05) is 7.11 Å². The van der Waals surface area contributed by atoms with E-state index < -0.39 is 9.84 Å². The van der Waals surface area contributed by atoms with E-state index in [1.54, 1.807) is 7.11 Å². The molecule has 1 aliphatic rings. The average molecular weight is 194 g/mol. The second kappa shape index (κ2) is 4.20.